The first-order valence-electron chi connectivity index (χ1n) is 9.20. The van der Waals surface area contributed by atoms with Crippen molar-refractivity contribution in [2.24, 2.45) is 0 Å². The Labute approximate surface area is 165 Å². The van der Waals surface area contributed by atoms with Crippen molar-refractivity contribution in [2.75, 3.05) is 24.5 Å². The number of nitrogens with zero attached hydrogens (tertiary/aromatic N) is 3. The van der Waals surface area contributed by atoms with E-state index in [1.165, 1.54) is 5.56 Å². The van der Waals surface area contributed by atoms with Gasteiger partial charge in [0.15, 0.2) is 0 Å². The highest BCUT2D eigenvalue weighted by atomic mass is 35.5. The number of carbonyl (C=O) groups excluding carboxylic acids is 1. The van der Waals surface area contributed by atoms with E-state index in [-0.39, 0.29) is 17.6 Å². The van der Waals surface area contributed by atoms with E-state index < -0.39 is 0 Å². The molecular weight excluding hydrogens is 362 g/mol. The molecule has 0 aliphatic carbocycles. The van der Waals surface area contributed by atoms with Crippen LogP contribution in [0.15, 0.2) is 42.6 Å². The van der Waals surface area contributed by atoms with Crippen molar-refractivity contribution in [1.82, 2.24) is 9.88 Å². The summed E-state index contributed by atoms with van der Waals surface area (Å²) in [5, 5.41) is 0.625. The molecule has 27 heavy (non-hydrogen) atoms. The predicted octanol–water partition coefficient (Wildman–Crippen LogP) is 4.74. The van der Waals surface area contributed by atoms with E-state index in [4.69, 9.17) is 16.3 Å². The number of benzene rings is 1. The van der Waals surface area contributed by atoms with Crippen LogP contribution in [0.5, 0.6) is 5.75 Å². The molecule has 6 heteroatoms. The first-order chi connectivity index (χ1) is 12.8. The molecular formula is C21H26ClN3O2. The number of aromatic nitrogens is 1. The van der Waals surface area contributed by atoms with Crippen LogP contribution in [0, 0.1) is 0 Å². The zero-order chi connectivity index (χ0) is 19.6. The van der Waals surface area contributed by atoms with Crippen molar-refractivity contribution in [1.29, 1.82) is 0 Å². The van der Waals surface area contributed by atoms with Gasteiger partial charge in [0.25, 0.3) is 0 Å². The van der Waals surface area contributed by atoms with Crippen LogP contribution in [0.3, 0.4) is 0 Å². The second-order valence-corrected chi connectivity index (χ2v) is 8.35. The Hall–Kier alpha value is -2.27. The molecule has 1 amide bonds. The molecule has 0 radical (unpaired) electrons. The smallest absolute Gasteiger partial charge is 0.410 e. The molecule has 1 unspecified atom stereocenters. The lowest BCUT2D eigenvalue weighted by Gasteiger charge is -2.39. The number of piperazine rings is 1. The lowest BCUT2D eigenvalue weighted by atomic mass is 9.87. The number of anilines is 1. The van der Waals surface area contributed by atoms with Crippen LogP contribution in [-0.2, 0) is 5.41 Å². The lowest BCUT2D eigenvalue weighted by molar-refractivity contribution is 0.129. The van der Waals surface area contributed by atoms with Gasteiger partial charge in [0.2, 0.25) is 0 Å². The van der Waals surface area contributed by atoms with Crippen molar-refractivity contribution in [3.63, 3.8) is 0 Å². The normalized spacial score (nSPS) is 17.7. The fraction of sp³-hybridized carbons (Fsp3) is 0.429. The van der Waals surface area contributed by atoms with E-state index in [2.05, 4.69) is 30.7 Å². The molecule has 1 aromatic carbocycles. The minimum atomic E-state index is -0.322. The van der Waals surface area contributed by atoms with Gasteiger partial charge in [-0.1, -0.05) is 44.5 Å². The molecule has 1 aliphatic heterocycles. The SMILES string of the molecule is CC1CN(c2ncccc2Cl)CCN1C(=O)Oc1ccc(C(C)(C)C)cc1. The first-order valence-corrected chi connectivity index (χ1v) is 9.58. The molecule has 2 aromatic rings. The van der Waals surface area contributed by atoms with Crippen LogP contribution in [-0.4, -0.2) is 41.7 Å². The van der Waals surface area contributed by atoms with Gasteiger partial charge in [0.1, 0.15) is 11.6 Å². The highest BCUT2D eigenvalue weighted by molar-refractivity contribution is 6.32. The topological polar surface area (TPSA) is 45.7 Å². The van der Waals surface area contributed by atoms with Crippen molar-refractivity contribution in [3.8, 4) is 5.75 Å². The van der Waals surface area contributed by atoms with Crippen LogP contribution < -0.4 is 9.64 Å². The Bertz CT molecular complexity index is 802. The second kappa shape index (κ2) is 7.77. The molecule has 3 rings (SSSR count). The third-order valence-electron chi connectivity index (χ3n) is 4.83. The summed E-state index contributed by atoms with van der Waals surface area (Å²) >= 11 is 6.25. The summed E-state index contributed by atoms with van der Waals surface area (Å²) in [7, 11) is 0. The van der Waals surface area contributed by atoms with Crippen LogP contribution >= 0.6 is 11.6 Å². The van der Waals surface area contributed by atoms with Gasteiger partial charge < -0.3 is 14.5 Å². The number of rotatable bonds is 2. The van der Waals surface area contributed by atoms with E-state index in [1.54, 1.807) is 11.1 Å². The van der Waals surface area contributed by atoms with E-state index in [0.29, 0.717) is 30.4 Å². The van der Waals surface area contributed by atoms with Gasteiger partial charge in [-0.15, -0.1) is 0 Å². The fourth-order valence-corrected chi connectivity index (χ4v) is 3.45. The van der Waals surface area contributed by atoms with Gasteiger partial charge >= 0.3 is 6.09 Å². The monoisotopic (exact) mass is 387 g/mol. The van der Waals surface area contributed by atoms with Crippen molar-refractivity contribution < 1.29 is 9.53 Å². The molecule has 1 aromatic heterocycles. The third kappa shape index (κ3) is 4.53. The minimum absolute atomic E-state index is 0.00169. The summed E-state index contributed by atoms with van der Waals surface area (Å²) in [6.07, 6.45) is 1.41. The first kappa shape index (κ1) is 19.5. The summed E-state index contributed by atoms with van der Waals surface area (Å²) in [6, 6.07) is 11.4. The van der Waals surface area contributed by atoms with Crippen LogP contribution in [0.25, 0.3) is 0 Å². The third-order valence-corrected chi connectivity index (χ3v) is 5.12. The van der Waals surface area contributed by atoms with Gasteiger partial charge in [-0.25, -0.2) is 9.78 Å². The van der Waals surface area contributed by atoms with Gasteiger partial charge in [0, 0.05) is 31.9 Å². The van der Waals surface area contributed by atoms with Crippen molar-refractivity contribution >= 4 is 23.5 Å². The summed E-state index contributed by atoms with van der Waals surface area (Å²) < 4.78 is 5.58. The maximum atomic E-state index is 12.6. The van der Waals surface area contributed by atoms with E-state index >= 15 is 0 Å². The van der Waals surface area contributed by atoms with E-state index in [1.807, 2.05) is 43.3 Å². The molecule has 0 bridgehead atoms. The summed E-state index contributed by atoms with van der Waals surface area (Å²) in [4.78, 5) is 20.8. The summed E-state index contributed by atoms with van der Waals surface area (Å²) in [5.41, 5.74) is 1.27. The zero-order valence-corrected chi connectivity index (χ0v) is 17.0. The average molecular weight is 388 g/mol. The van der Waals surface area contributed by atoms with Crippen LogP contribution in [0.1, 0.15) is 33.3 Å². The van der Waals surface area contributed by atoms with Gasteiger partial charge in [-0.05, 0) is 42.2 Å². The van der Waals surface area contributed by atoms with Crippen molar-refractivity contribution in [3.05, 3.63) is 53.2 Å². The Morgan fingerprint density at radius 2 is 1.89 bits per heavy atom. The minimum Gasteiger partial charge on any atom is -0.410 e. The molecule has 5 nitrogen and oxygen atoms in total. The summed E-state index contributed by atoms with van der Waals surface area (Å²) in [5.74, 6) is 1.33. The molecule has 0 spiro atoms. The molecule has 1 fully saturated rings. The molecule has 1 aliphatic rings. The predicted molar refractivity (Wildman–Crippen MR) is 109 cm³/mol. The Balaban J connectivity index is 1.62. The number of ether oxygens (including phenoxy) is 1. The molecule has 144 valence electrons. The number of carbonyl (C=O) groups is 1. The lowest BCUT2D eigenvalue weighted by Crippen LogP contribution is -2.55. The maximum absolute atomic E-state index is 12.6. The number of hydrogen-bond acceptors (Lipinski definition) is 4. The molecule has 1 saturated heterocycles. The Morgan fingerprint density at radius 1 is 1.19 bits per heavy atom. The average Bonchev–Trinajstić information content (AvgIpc) is 2.61. The number of halogens is 1. The highest BCUT2D eigenvalue weighted by Gasteiger charge is 2.30. The molecule has 2 heterocycles. The quantitative estimate of drug-likeness (QED) is 0.746. The van der Waals surface area contributed by atoms with Crippen LogP contribution in [0.2, 0.25) is 5.02 Å². The number of hydrogen-bond donors (Lipinski definition) is 0. The zero-order valence-electron chi connectivity index (χ0n) is 16.3. The maximum Gasteiger partial charge on any atom is 0.415 e. The van der Waals surface area contributed by atoms with Crippen LogP contribution in [0.4, 0.5) is 10.6 Å². The summed E-state index contributed by atoms with van der Waals surface area (Å²) in [6.45, 7) is 10.4. The van der Waals surface area contributed by atoms with E-state index in [0.717, 1.165) is 5.82 Å². The highest BCUT2D eigenvalue weighted by Crippen LogP contribution is 2.26. The van der Waals surface area contributed by atoms with Crippen molar-refractivity contribution in [2.45, 2.75) is 39.2 Å². The van der Waals surface area contributed by atoms with Gasteiger partial charge in [0.05, 0.1) is 5.02 Å². The largest absolute Gasteiger partial charge is 0.415 e. The Morgan fingerprint density at radius 3 is 2.48 bits per heavy atom. The molecule has 0 N–H and O–H groups in total. The number of pyridine rings is 1. The molecule has 0 saturated carbocycles. The van der Waals surface area contributed by atoms with Gasteiger partial charge in [-0.3, -0.25) is 0 Å². The van der Waals surface area contributed by atoms with E-state index in [9.17, 15) is 4.79 Å². The number of amides is 1. The second-order valence-electron chi connectivity index (χ2n) is 7.94. The van der Waals surface area contributed by atoms with Gasteiger partial charge in [-0.2, -0.15) is 0 Å². The standard InChI is InChI=1S/C21H26ClN3O2/c1-15-14-24(19-18(22)6-5-11-23-19)12-13-25(15)20(26)27-17-9-7-16(8-10-17)21(2,3)4/h5-11,15H,12-14H2,1-4H3. The molecule has 1 atom stereocenters. The fourth-order valence-electron chi connectivity index (χ4n) is 3.21. The Kier molecular flexibility index (Phi) is 5.61.